The van der Waals surface area contributed by atoms with E-state index in [4.69, 9.17) is 10.5 Å². The van der Waals surface area contributed by atoms with Crippen molar-refractivity contribution in [1.82, 2.24) is 5.32 Å². The summed E-state index contributed by atoms with van der Waals surface area (Å²) in [6, 6.07) is -0.933. The van der Waals surface area contributed by atoms with Crippen LogP contribution in [-0.2, 0) is 14.3 Å². The minimum Gasteiger partial charge on any atom is -0.478 e. The van der Waals surface area contributed by atoms with Crippen LogP contribution in [0.3, 0.4) is 0 Å². The molecule has 1 rings (SSSR count). The summed E-state index contributed by atoms with van der Waals surface area (Å²) in [5.41, 5.74) is 6.31. The highest BCUT2D eigenvalue weighted by Gasteiger charge is 2.35. The molecule has 4 N–H and O–H groups in total. The average Bonchev–Trinajstić information content (AvgIpc) is 2.47. The first-order valence-electron chi connectivity index (χ1n) is 7.71. The first-order valence-corrected chi connectivity index (χ1v) is 7.71. The predicted molar refractivity (Wildman–Crippen MR) is 84.3 cm³/mol. The van der Waals surface area contributed by atoms with Gasteiger partial charge in [-0.05, 0) is 38.3 Å². The summed E-state index contributed by atoms with van der Waals surface area (Å²) in [4.78, 5) is 23.0. The van der Waals surface area contributed by atoms with Crippen LogP contribution in [0.5, 0.6) is 0 Å². The Hall–Kier alpha value is -1.66. The number of amides is 1. The number of nitrogens with one attached hydrogen (secondary N) is 1. The van der Waals surface area contributed by atoms with Gasteiger partial charge in [-0.2, -0.15) is 0 Å². The summed E-state index contributed by atoms with van der Waals surface area (Å²) in [7, 11) is 0. The van der Waals surface area contributed by atoms with Crippen molar-refractivity contribution >= 4 is 11.9 Å². The van der Waals surface area contributed by atoms with E-state index in [2.05, 4.69) is 5.32 Å². The highest BCUT2D eigenvalue weighted by Crippen LogP contribution is 2.23. The van der Waals surface area contributed by atoms with E-state index < -0.39 is 24.2 Å². The topological polar surface area (TPSA) is 102 Å². The quantitative estimate of drug-likeness (QED) is 0.616. The highest BCUT2D eigenvalue weighted by molar-refractivity contribution is 5.89. The Morgan fingerprint density at radius 3 is 2.64 bits per heavy atom. The third-order valence-corrected chi connectivity index (χ3v) is 3.80. The third kappa shape index (κ3) is 4.96. The lowest BCUT2D eigenvalue weighted by Crippen LogP contribution is -2.57. The van der Waals surface area contributed by atoms with Crippen molar-refractivity contribution in [2.75, 3.05) is 0 Å². The molecule has 0 aromatic heterocycles. The number of ether oxygens (including phenoxy) is 1. The first-order chi connectivity index (χ1) is 10.4. The molecule has 0 unspecified atom stereocenters. The number of hydrogen-bond donors (Lipinski definition) is 3. The van der Waals surface area contributed by atoms with Crippen LogP contribution in [0.15, 0.2) is 23.8 Å². The molecule has 0 aromatic rings. The summed E-state index contributed by atoms with van der Waals surface area (Å²) in [5.74, 6) is -1.25. The Bertz CT molecular complexity index is 455. The molecular formula is C16H26N2O4. The minimum absolute atomic E-state index is 0.00251. The van der Waals surface area contributed by atoms with Gasteiger partial charge in [0.15, 0.2) is 0 Å². The van der Waals surface area contributed by atoms with E-state index in [1.807, 2.05) is 13.8 Å². The molecule has 0 aliphatic heterocycles. The van der Waals surface area contributed by atoms with E-state index in [1.165, 1.54) is 6.08 Å². The molecule has 6 heteroatoms. The number of carbonyl (C=O) groups excluding carboxylic acids is 1. The zero-order valence-corrected chi connectivity index (χ0v) is 13.4. The Balaban J connectivity index is 2.98. The molecule has 1 amide bonds. The summed E-state index contributed by atoms with van der Waals surface area (Å²) in [5, 5.41) is 12.0. The molecule has 0 aromatic carbocycles. The molecule has 0 bridgehead atoms. The van der Waals surface area contributed by atoms with Gasteiger partial charge < -0.3 is 20.9 Å². The molecule has 6 nitrogen and oxygen atoms in total. The van der Waals surface area contributed by atoms with E-state index in [0.717, 1.165) is 12.8 Å². The maximum Gasteiger partial charge on any atom is 0.331 e. The summed E-state index contributed by atoms with van der Waals surface area (Å²) >= 11 is 0. The van der Waals surface area contributed by atoms with Crippen LogP contribution in [-0.4, -0.2) is 41.3 Å². The van der Waals surface area contributed by atoms with Crippen molar-refractivity contribution in [2.45, 2.75) is 64.3 Å². The summed E-state index contributed by atoms with van der Waals surface area (Å²) < 4.78 is 5.97. The van der Waals surface area contributed by atoms with Crippen LogP contribution in [0.1, 0.15) is 40.0 Å². The molecule has 1 aliphatic rings. The van der Waals surface area contributed by atoms with Gasteiger partial charge in [0.2, 0.25) is 5.91 Å². The SMILES string of the molecule is C/C=C/C(=O)N[C@@H]1[C@@H](N)CC(C(=O)O)=C[C@H]1OC(CC)CC. The maximum absolute atomic E-state index is 11.8. The fourth-order valence-electron chi connectivity index (χ4n) is 2.53. The fourth-order valence-corrected chi connectivity index (χ4v) is 2.53. The number of aliphatic carboxylic acids is 1. The minimum atomic E-state index is -0.994. The monoisotopic (exact) mass is 310 g/mol. The van der Waals surface area contributed by atoms with Crippen molar-refractivity contribution in [3.8, 4) is 0 Å². The second-order valence-corrected chi connectivity index (χ2v) is 5.44. The number of hydrogen-bond acceptors (Lipinski definition) is 4. The number of carboxylic acids is 1. The van der Waals surface area contributed by atoms with Crippen molar-refractivity contribution < 1.29 is 19.4 Å². The molecule has 3 atom stereocenters. The Labute approximate surface area is 131 Å². The number of allylic oxidation sites excluding steroid dienone is 1. The van der Waals surface area contributed by atoms with Crippen molar-refractivity contribution in [1.29, 1.82) is 0 Å². The van der Waals surface area contributed by atoms with E-state index in [0.29, 0.717) is 0 Å². The molecule has 124 valence electrons. The lowest BCUT2D eigenvalue weighted by Gasteiger charge is -2.36. The van der Waals surface area contributed by atoms with Gasteiger partial charge in [0, 0.05) is 11.6 Å². The van der Waals surface area contributed by atoms with Crippen LogP contribution in [0.25, 0.3) is 0 Å². The van der Waals surface area contributed by atoms with Gasteiger partial charge in [-0.1, -0.05) is 19.9 Å². The molecule has 0 heterocycles. The van der Waals surface area contributed by atoms with E-state index >= 15 is 0 Å². The maximum atomic E-state index is 11.8. The Kier molecular flexibility index (Phi) is 7.27. The lowest BCUT2D eigenvalue weighted by atomic mass is 9.88. The predicted octanol–water partition coefficient (Wildman–Crippen LogP) is 1.36. The Morgan fingerprint density at radius 1 is 1.50 bits per heavy atom. The van der Waals surface area contributed by atoms with Gasteiger partial charge >= 0.3 is 5.97 Å². The molecular weight excluding hydrogens is 284 g/mol. The van der Waals surface area contributed by atoms with Crippen molar-refractivity contribution in [3.05, 3.63) is 23.8 Å². The molecule has 0 fully saturated rings. The molecule has 0 saturated heterocycles. The molecule has 0 spiro atoms. The van der Waals surface area contributed by atoms with Crippen LogP contribution < -0.4 is 11.1 Å². The van der Waals surface area contributed by atoms with E-state index in [-0.39, 0.29) is 24.0 Å². The highest BCUT2D eigenvalue weighted by atomic mass is 16.5. The van der Waals surface area contributed by atoms with Gasteiger partial charge in [-0.15, -0.1) is 0 Å². The zero-order valence-electron chi connectivity index (χ0n) is 13.4. The summed E-state index contributed by atoms with van der Waals surface area (Å²) in [6.45, 7) is 5.76. The van der Waals surface area contributed by atoms with Crippen LogP contribution in [0.4, 0.5) is 0 Å². The largest absolute Gasteiger partial charge is 0.478 e. The molecule has 0 saturated carbocycles. The number of carbonyl (C=O) groups is 2. The number of nitrogens with two attached hydrogens (primary N) is 1. The lowest BCUT2D eigenvalue weighted by molar-refractivity contribution is -0.133. The van der Waals surface area contributed by atoms with Gasteiger partial charge in [-0.3, -0.25) is 4.79 Å². The molecule has 22 heavy (non-hydrogen) atoms. The van der Waals surface area contributed by atoms with E-state index in [1.54, 1.807) is 19.1 Å². The van der Waals surface area contributed by atoms with Gasteiger partial charge in [-0.25, -0.2) is 4.79 Å². The van der Waals surface area contributed by atoms with E-state index in [9.17, 15) is 14.7 Å². The zero-order chi connectivity index (χ0) is 16.7. The fraction of sp³-hybridized carbons (Fsp3) is 0.625. The van der Waals surface area contributed by atoms with Crippen LogP contribution in [0, 0.1) is 0 Å². The number of rotatable bonds is 7. The number of carboxylic acid groups (broad SMARTS) is 1. The van der Waals surface area contributed by atoms with Crippen molar-refractivity contribution in [3.63, 3.8) is 0 Å². The van der Waals surface area contributed by atoms with Gasteiger partial charge in [0.05, 0.1) is 18.2 Å². The third-order valence-electron chi connectivity index (χ3n) is 3.80. The Morgan fingerprint density at radius 2 is 2.14 bits per heavy atom. The van der Waals surface area contributed by atoms with Crippen LogP contribution >= 0.6 is 0 Å². The molecule has 1 aliphatic carbocycles. The second kappa shape index (κ2) is 8.70. The second-order valence-electron chi connectivity index (χ2n) is 5.44. The van der Waals surface area contributed by atoms with Gasteiger partial charge in [0.25, 0.3) is 0 Å². The van der Waals surface area contributed by atoms with Crippen LogP contribution in [0.2, 0.25) is 0 Å². The molecule has 0 radical (unpaired) electrons. The first kappa shape index (κ1) is 18.4. The average molecular weight is 310 g/mol. The smallest absolute Gasteiger partial charge is 0.331 e. The van der Waals surface area contributed by atoms with Gasteiger partial charge in [0.1, 0.15) is 0 Å². The standard InChI is InChI=1S/C16H26N2O4/c1-4-7-14(19)18-15-12(17)8-10(16(20)21)9-13(15)22-11(5-2)6-3/h4,7,9,11-13,15H,5-6,8,17H2,1-3H3,(H,18,19)(H,20,21)/b7-4+/t12-,13+,15+/m0/s1. The van der Waals surface area contributed by atoms with Crippen molar-refractivity contribution in [2.24, 2.45) is 5.73 Å². The summed E-state index contributed by atoms with van der Waals surface area (Å²) in [6.07, 6.45) is 5.93. The normalized spacial score (nSPS) is 25.3.